The number of halogens is 3. The number of benzene rings is 1. The van der Waals surface area contributed by atoms with Crippen LogP contribution in [0.1, 0.15) is 6.42 Å². The zero-order chi connectivity index (χ0) is 13.3. The minimum Gasteiger partial charge on any atom is -0.481 e. The second-order valence-corrected chi connectivity index (χ2v) is 6.47. The second kappa shape index (κ2) is 5.36. The highest BCUT2D eigenvalue weighted by Crippen LogP contribution is 2.37. The molecule has 1 aromatic carbocycles. The molecule has 0 saturated carbocycles. The molecule has 0 aliphatic carbocycles. The van der Waals surface area contributed by atoms with Gasteiger partial charge in [-0.25, -0.2) is 0 Å². The number of hydrogen-bond donors (Lipinski definition) is 3. The number of carbonyl (C=O) groups is 1. The zero-order valence-electron chi connectivity index (χ0n) is 9.27. The minimum atomic E-state index is -0.815. The highest BCUT2D eigenvalue weighted by Gasteiger charge is 2.39. The highest BCUT2D eigenvalue weighted by molar-refractivity contribution is 9.11. The van der Waals surface area contributed by atoms with Gasteiger partial charge in [0.05, 0.1) is 17.6 Å². The fraction of sp³-hybridized carbons (Fsp3) is 0.364. The van der Waals surface area contributed by atoms with Crippen molar-refractivity contribution in [3.63, 3.8) is 0 Å². The summed E-state index contributed by atoms with van der Waals surface area (Å²) >= 11 is 12.8. The van der Waals surface area contributed by atoms with E-state index in [2.05, 4.69) is 42.5 Å². The quantitative estimate of drug-likeness (QED) is 0.730. The summed E-state index contributed by atoms with van der Waals surface area (Å²) in [6.45, 7) is 1.25. The molecule has 1 aromatic rings. The van der Waals surface area contributed by atoms with Crippen molar-refractivity contribution in [1.82, 2.24) is 5.32 Å². The second-order valence-electron chi connectivity index (χ2n) is 4.32. The van der Waals surface area contributed by atoms with Crippen LogP contribution in [0.5, 0.6) is 0 Å². The van der Waals surface area contributed by atoms with Crippen LogP contribution in [-0.4, -0.2) is 29.7 Å². The molecule has 1 fully saturated rings. The van der Waals surface area contributed by atoms with E-state index < -0.39 is 11.5 Å². The monoisotopic (exact) mass is 396 g/mol. The number of carboxylic acid groups (broad SMARTS) is 1. The molecular weight excluding hydrogens is 387 g/mol. The summed E-state index contributed by atoms with van der Waals surface area (Å²) in [6.07, 6.45) is 0.0709. The lowest BCUT2D eigenvalue weighted by atomic mass is 9.88. The SMILES string of the molecule is O=C(O)CC1(Nc2c(Br)cc(Cl)cc2Br)CNC1. The van der Waals surface area contributed by atoms with E-state index in [1.165, 1.54) is 0 Å². The summed E-state index contributed by atoms with van der Waals surface area (Å²) in [5.74, 6) is -0.815. The van der Waals surface area contributed by atoms with E-state index >= 15 is 0 Å². The van der Waals surface area contributed by atoms with E-state index in [9.17, 15) is 4.79 Å². The number of hydrogen-bond acceptors (Lipinski definition) is 3. The number of rotatable bonds is 4. The Morgan fingerprint density at radius 1 is 1.44 bits per heavy atom. The Labute approximate surface area is 126 Å². The molecule has 18 heavy (non-hydrogen) atoms. The van der Waals surface area contributed by atoms with Gasteiger partial charge < -0.3 is 15.7 Å². The minimum absolute atomic E-state index is 0.0709. The number of carboxylic acids is 1. The van der Waals surface area contributed by atoms with E-state index in [0.29, 0.717) is 18.1 Å². The molecular formula is C11H11Br2ClN2O2. The van der Waals surface area contributed by atoms with Crippen LogP contribution in [0, 0.1) is 0 Å². The number of aliphatic carboxylic acids is 1. The molecule has 3 N–H and O–H groups in total. The Balaban J connectivity index is 2.25. The van der Waals surface area contributed by atoms with E-state index in [1.54, 1.807) is 12.1 Å². The van der Waals surface area contributed by atoms with Crippen molar-refractivity contribution in [1.29, 1.82) is 0 Å². The fourth-order valence-corrected chi connectivity index (χ4v) is 3.77. The molecule has 1 saturated heterocycles. The van der Waals surface area contributed by atoms with Crippen LogP contribution in [0.15, 0.2) is 21.1 Å². The van der Waals surface area contributed by atoms with Crippen molar-refractivity contribution in [2.24, 2.45) is 0 Å². The maximum Gasteiger partial charge on any atom is 0.305 e. The summed E-state index contributed by atoms with van der Waals surface area (Å²) < 4.78 is 1.61. The van der Waals surface area contributed by atoms with Crippen molar-refractivity contribution in [2.75, 3.05) is 18.4 Å². The molecule has 0 unspecified atom stereocenters. The van der Waals surface area contributed by atoms with Gasteiger partial charge in [0.25, 0.3) is 0 Å². The third kappa shape index (κ3) is 2.99. The molecule has 0 aromatic heterocycles. The Morgan fingerprint density at radius 3 is 2.39 bits per heavy atom. The van der Waals surface area contributed by atoms with Crippen molar-refractivity contribution in [3.05, 3.63) is 26.1 Å². The van der Waals surface area contributed by atoms with E-state index in [4.69, 9.17) is 16.7 Å². The van der Waals surface area contributed by atoms with Crippen molar-refractivity contribution in [2.45, 2.75) is 12.0 Å². The van der Waals surface area contributed by atoms with E-state index in [0.717, 1.165) is 14.6 Å². The van der Waals surface area contributed by atoms with Gasteiger partial charge in [-0.15, -0.1) is 0 Å². The van der Waals surface area contributed by atoms with Gasteiger partial charge in [0, 0.05) is 27.1 Å². The first-order valence-corrected chi connectivity index (χ1v) is 7.23. The molecule has 98 valence electrons. The topological polar surface area (TPSA) is 61.4 Å². The normalized spacial score (nSPS) is 17.1. The highest BCUT2D eigenvalue weighted by atomic mass is 79.9. The zero-order valence-corrected chi connectivity index (χ0v) is 13.2. The Kier molecular flexibility index (Phi) is 4.21. The maximum atomic E-state index is 10.9. The van der Waals surface area contributed by atoms with Crippen molar-refractivity contribution >= 4 is 55.1 Å². The van der Waals surface area contributed by atoms with Crippen molar-refractivity contribution in [3.8, 4) is 0 Å². The molecule has 0 radical (unpaired) electrons. The molecule has 0 bridgehead atoms. The molecule has 1 aliphatic rings. The standard InChI is InChI=1S/C11H11Br2ClN2O2/c12-7-1-6(14)2-8(13)10(7)16-11(3-9(17)18)4-15-5-11/h1-2,15-16H,3-5H2,(H,17,18). The number of nitrogens with one attached hydrogen (secondary N) is 2. The Morgan fingerprint density at radius 2 is 2.00 bits per heavy atom. The molecule has 7 heteroatoms. The fourth-order valence-electron chi connectivity index (χ4n) is 1.90. The van der Waals surface area contributed by atoms with Crippen LogP contribution in [0.4, 0.5) is 5.69 Å². The van der Waals surface area contributed by atoms with Gasteiger partial charge in [0.1, 0.15) is 0 Å². The van der Waals surface area contributed by atoms with Crippen LogP contribution >= 0.6 is 43.5 Å². The average Bonchev–Trinajstić information content (AvgIpc) is 2.18. The van der Waals surface area contributed by atoms with Gasteiger partial charge in [0.2, 0.25) is 0 Å². The lowest BCUT2D eigenvalue weighted by molar-refractivity contribution is -0.138. The molecule has 1 aliphatic heterocycles. The Hall–Kier alpha value is -0.300. The van der Waals surface area contributed by atoms with Crippen LogP contribution in [-0.2, 0) is 4.79 Å². The van der Waals surface area contributed by atoms with Crippen LogP contribution in [0.25, 0.3) is 0 Å². The van der Waals surface area contributed by atoms with Gasteiger partial charge in [-0.3, -0.25) is 4.79 Å². The van der Waals surface area contributed by atoms with Crippen LogP contribution < -0.4 is 10.6 Å². The van der Waals surface area contributed by atoms with Gasteiger partial charge in [-0.2, -0.15) is 0 Å². The summed E-state index contributed by atoms with van der Waals surface area (Å²) in [5, 5.41) is 16.0. The third-order valence-corrected chi connectivity index (χ3v) is 4.28. The molecule has 0 amide bonds. The maximum absolute atomic E-state index is 10.9. The lowest BCUT2D eigenvalue weighted by Gasteiger charge is -2.43. The van der Waals surface area contributed by atoms with Gasteiger partial charge in [-0.05, 0) is 44.0 Å². The van der Waals surface area contributed by atoms with E-state index in [-0.39, 0.29) is 6.42 Å². The predicted molar refractivity (Wildman–Crippen MR) is 78.3 cm³/mol. The largest absolute Gasteiger partial charge is 0.481 e. The van der Waals surface area contributed by atoms with Gasteiger partial charge in [0.15, 0.2) is 0 Å². The summed E-state index contributed by atoms with van der Waals surface area (Å²) in [4.78, 5) is 10.9. The molecule has 2 rings (SSSR count). The smallest absolute Gasteiger partial charge is 0.305 e. The number of anilines is 1. The average molecular weight is 398 g/mol. The van der Waals surface area contributed by atoms with Gasteiger partial charge in [-0.1, -0.05) is 11.6 Å². The Bertz CT molecular complexity index is 469. The third-order valence-electron chi connectivity index (χ3n) is 2.81. The summed E-state index contributed by atoms with van der Waals surface area (Å²) in [5.41, 5.74) is 0.382. The van der Waals surface area contributed by atoms with E-state index in [1.807, 2.05) is 0 Å². The van der Waals surface area contributed by atoms with Gasteiger partial charge >= 0.3 is 5.97 Å². The molecule has 0 atom stereocenters. The summed E-state index contributed by atoms with van der Waals surface area (Å²) in [7, 11) is 0. The molecule has 1 heterocycles. The van der Waals surface area contributed by atoms with Crippen LogP contribution in [0.2, 0.25) is 5.02 Å². The molecule has 4 nitrogen and oxygen atoms in total. The predicted octanol–water partition coefficient (Wildman–Crippen LogP) is 3.09. The lowest BCUT2D eigenvalue weighted by Crippen LogP contribution is -2.65. The summed E-state index contributed by atoms with van der Waals surface area (Å²) in [6, 6.07) is 3.55. The van der Waals surface area contributed by atoms with Crippen LogP contribution in [0.3, 0.4) is 0 Å². The first kappa shape index (κ1) is 14.1. The first-order valence-electron chi connectivity index (χ1n) is 5.27. The molecule has 0 spiro atoms. The van der Waals surface area contributed by atoms with Crippen molar-refractivity contribution < 1.29 is 9.90 Å². The first-order chi connectivity index (χ1) is 8.42.